The summed E-state index contributed by atoms with van der Waals surface area (Å²) in [5.74, 6) is 1.96. The lowest BCUT2D eigenvalue weighted by atomic mass is 10.1. The lowest BCUT2D eigenvalue weighted by molar-refractivity contribution is -0.128. The second-order valence-corrected chi connectivity index (χ2v) is 6.49. The van der Waals surface area contributed by atoms with Crippen molar-refractivity contribution in [3.8, 4) is 0 Å². The average molecular weight is 314 g/mol. The first-order chi connectivity index (χ1) is 11.2. The molecule has 1 aromatic rings. The van der Waals surface area contributed by atoms with E-state index in [0.717, 1.165) is 44.5 Å². The summed E-state index contributed by atoms with van der Waals surface area (Å²) in [5.41, 5.74) is 2.41. The van der Waals surface area contributed by atoms with Crippen LogP contribution in [0.5, 0.6) is 0 Å². The van der Waals surface area contributed by atoms with Crippen molar-refractivity contribution in [3.05, 3.63) is 35.4 Å². The number of aliphatic imine (C=N–C) groups is 1. The molecule has 124 valence electrons. The van der Waals surface area contributed by atoms with Crippen LogP contribution in [0.15, 0.2) is 29.3 Å². The van der Waals surface area contributed by atoms with E-state index in [1.54, 1.807) is 7.05 Å². The monoisotopic (exact) mass is 314 g/mol. The summed E-state index contributed by atoms with van der Waals surface area (Å²) in [6, 6.07) is 8.44. The number of hydrogen-bond donors (Lipinski definition) is 2. The molecule has 0 bridgehead atoms. The normalized spacial score (nSPS) is 18.4. The molecule has 3 rings (SSSR count). The zero-order valence-electron chi connectivity index (χ0n) is 13.8. The Bertz CT molecular complexity index is 580. The minimum Gasteiger partial charge on any atom is -0.356 e. The third-order valence-corrected chi connectivity index (χ3v) is 4.47. The second kappa shape index (κ2) is 7.49. The van der Waals surface area contributed by atoms with Gasteiger partial charge in [0.05, 0.1) is 0 Å². The van der Waals surface area contributed by atoms with Gasteiger partial charge in [0, 0.05) is 39.6 Å². The molecule has 0 atom stereocenters. The SMILES string of the molecule is CN=C(NCc1cccc(CN2CCCC2=O)c1)NCC1CC1. The molecule has 1 aromatic carbocycles. The first kappa shape index (κ1) is 15.8. The van der Waals surface area contributed by atoms with Gasteiger partial charge in [-0.15, -0.1) is 0 Å². The van der Waals surface area contributed by atoms with Gasteiger partial charge in [0.1, 0.15) is 0 Å². The van der Waals surface area contributed by atoms with E-state index in [1.807, 2.05) is 4.90 Å². The van der Waals surface area contributed by atoms with Crippen molar-refractivity contribution in [3.63, 3.8) is 0 Å². The highest BCUT2D eigenvalue weighted by atomic mass is 16.2. The molecule has 0 radical (unpaired) electrons. The van der Waals surface area contributed by atoms with Crippen LogP contribution in [-0.2, 0) is 17.9 Å². The summed E-state index contributed by atoms with van der Waals surface area (Å²) in [6.45, 7) is 3.36. The molecule has 5 heteroatoms. The van der Waals surface area contributed by atoms with Gasteiger partial charge in [-0.05, 0) is 36.3 Å². The highest BCUT2D eigenvalue weighted by Gasteiger charge is 2.21. The van der Waals surface area contributed by atoms with E-state index in [2.05, 4.69) is 39.9 Å². The minimum absolute atomic E-state index is 0.276. The van der Waals surface area contributed by atoms with Crippen LogP contribution in [-0.4, -0.2) is 36.9 Å². The summed E-state index contributed by atoms with van der Waals surface area (Å²) < 4.78 is 0. The molecule has 2 fully saturated rings. The van der Waals surface area contributed by atoms with Gasteiger partial charge in [-0.1, -0.05) is 24.3 Å². The summed E-state index contributed by atoms with van der Waals surface area (Å²) >= 11 is 0. The third-order valence-electron chi connectivity index (χ3n) is 4.47. The van der Waals surface area contributed by atoms with Gasteiger partial charge in [0.2, 0.25) is 5.91 Å². The highest BCUT2D eigenvalue weighted by Crippen LogP contribution is 2.27. The van der Waals surface area contributed by atoms with E-state index < -0.39 is 0 Å². The summed E-state index contributed by atoms with van der Waals surface area (Å²) in [5, 5.41) is 6.72. The van der Waals surface area contributed by atoms with Crippen LogP contribution in [0.1, 0.15) is 36.8 Å². The third kappa shape index (κ3) is 4.71. The van der Waals surface area contributed by atoms with Crippen molar-refractivity contribution < 1.29 is 4.79 Å². The number of amides is 1. The van der Waals surface area contributed by atoms with Crippen molar-refractivity contribution in [1.82, 2.24) is 15.5 Å². The molecule has 23 heavy (non-hydrogen) atoms. The maximum atomic E-state index is 11.7. The van der Waals surface area contributed by atoms with Gasteiger partial charge in [0.25, 0.3) is 0 Å². The van der Waals surface area contributed by atoms with Gasteiger partial charge in [-0.2, -0.15) is 0 Å². The first-order valence-electron chi connectivity index (χ1n) is 8.54. The van der Waals surface area contributed by atoms with Crippen molar-refractivity contribution in [2.45, 2.75) is 38.8 Å². The number of carbonyl (C=O) groups excluding carboxylic acids is 1. The fraction of sp³-hybridized carbons (Fsp3) is 0.556. The van der Waals surface area contributed by atoms with Crippen molar-refractivity contribution in [2.75, 3.05) is 20.1 Å². The Hall–Kier alpha value is -2.04. The van der Waals surface area contributed by atoms with E-state index in [4.69, 9.17) is 0 Å². The van der Waals surface area contributed by atoms with Crippen molar-refractivity contribution in [1.29, 1.82) is 0 Å². The van der Waals surface area contributed by atoms with Crippen LogP contribution in [0.2, 0.25) is 0 Å². The zero-order valence-corrected chi connectivity index (χ0v) is 13.8. The quantitative estimate of drug-likeness (QED) is 0.623. The van der Waals surface area contributed by atoms with Crippen LogP contribution in [0.25, 0.3) is 0 Å². The van der Waals surface area contributed by atoms with E-state index in [1.165, 1.54) is 24.0 Å². The summed E-state index contributed by atoms with van der Waals surface area (Å²) in [6.07, 6.45) is 4.36. The van der Waals surface area contributed by atoms with E-state index in [9.17, 15) is 4.79 Å². The smallest absolute Gasteiger partial charge is 0.222 e. The molecule has 1 amide bonds. The molecule has 1 aliphatic heterocycles. The largest absolute Gasteiger partial charge is 0.356 e. The van der Waals surface area contributed by atoms with Gasteiger partial charge < -0.3 is 15.5 Å². The fourth-order valence-corrected chi connectivity index (χ4v) is 2.90. The van der Waals surface area contributed by atoms with Crippen LogP contribution >= 0.6 is 0 Å². The summed E-state index contributed by atoms with van der Waals surface area (Å²) in [4.78, 5) is 17.9. The van der Waals surface area contributed by atoms with Gasteiger partial charge >= 0.3 is 0 Å². The van der Waals surface area contributed by atoms with Crippen molar-refractivity contribution in [2.24, 2.45) is 10.9 Å². The lowest BCUT2D eigenvalue weighted by Gasteiger charge is -2.16. The molecule has 1 saturated carbocycles. The molecule has 1 heterocycles. The molecule has 0 spiro atoms. The highest BCUT2D eigenvalue weighted by molar-refractivity contribution is 5.79. The maximum Gasteiger partial charge on any atom is 0.222 e. The zero-order chi connectivity index (χ0) is 16.1. The van der Waals surface area contributed by atoms with E-state index in [-0.39, 0.29) is 5.91 Å². The topological polar surface area (TPSA) is 56.7 Å². The lowest BCUT2D eigenvalue weighted by Crippen LogP contribution is -2.37. The number of guanidine groups is 1. The van der Waals surface area contributed by atoms with Gasteiger partial charge in [-0.25, -0.2) is 0 Å². The first-order valence-corrected chi connectivity index (χ1v) is 8.54. The standard InChI is InChI=1S/C18H26N4O/c1-19-18(20-11-14-7-8-14)21-12-15-4-2-5-16(10-15)13-22-9-3-6-17(22)23/h2,4-5,10,14H,3,6-9,11-13H2,1H3,(H2,19,20,21). The Morgan fingerprint density at radius 1 is 1.30 bits per heavy atom. The second-order valence-electron chi connectivity index (χ2n) is 6.49. The Kier molecular flexibility index (Phi) is 5.16. The van der Waals surface area contributed by atoms with Gasteiger partial charge in [0.15, 0.2) is 5.96 Å². The molecule has 2 aliphatic rings. The Morgan fingerprint density at radius 3 is 2.83 bits per heavy atom. The number of carbonyl (C=O) groups is 1. The number of likely N-dealkylation sites (tertiary alicyclic amines) is 1. The molecule has 0 unspecified atom stereocenters. The minimum atomic E-state index is 0.276. The molecule has 2 N–H and O–H groups in total. The Balaban J connectivity index is 1.51. The number of nitrogens with zero attached hydrogens (tertiary/aromatic N) is 2. The molecular formula is C18H26N4O. The van der Waals surface area contributed by atoms with E-state index in [0.29, 0.717) is 6.42 Å². The number of hydrogen-bond acceptors (Lipinski definition) is 2. The fourth-order valence-electron chi connectivity index (χ4n) is 2.90. The molecule has 0 aromatic heterocycles. The van der Waals surface area contributed by atoms with Gasteiger partial charge in [-0.3, -0.25) is 9.79 Å². The van der Waals surface area contributed by atoms with Crippen LogP contribution in [0, 0.1) is 5.92 Å². The maximum absolute atomic E-state index is 11.7. The number of benzene rings is 1. The predicted molar refractivity (Wildman–Crippen MR) is 92.0 cm³/mol. The van der Waals surface area contributed by atoms with Crippen LogP contribution in [0.4, 0.5) is 0 Å². The predicted octanol–water partition coefficient (Wildman–Crippen LogP) is 1.88. The number of rotatable bonds is 6. The molecule has 5 nitrogen and oxygen atoms in total. The van der Waals surface area contributed by atoms with Crippen LogP contribution < -0.4 is 10.6 Å². The average Bonchev–Trinajstić information content (AvgIpc) is 3.31. The van der Waals surface area contributed by atoms with E-state index >= 15 is 0 Å². The Labute approximate surface area is 138 Å². The van der Waals surface area contributed by atoms with Crippen LogP contribution in [0.3, 0.4) is 0 Å². The molecule has 1 saturated heterocycles. The summed E-state index contributed by atoms with van der Waals surface area (Å²) in [7, 11) is 1.80. The molecule has 1 aliphatic carbocycles. The van der Waals surface area contributed by atoms with Crippen molar-refractivity contribution >= 4 is 11.9 Å². The molecular weight excluding hydrogens is 288 g/mol. The Morgan fingerprint density at radius 2 is 2.13 bits per heavy atom. The number of nitrogens with one attached hydrogen (secondary N) is 2.